The predicted molar refractivity (Wildman–Crippen MR) is 97.7 cm³/mol. The van der Waals surface area contributed by atoms with Crippen molar-refractivity contribution >= 4 is 11.7 Å². The van der Waals surface area contributed by atoms with Gasteiger partial charge in [-0.05, 0) is 86.8 Å². The Bertz CT molecular complexity index is 700. The molecule has 0 saturated heterocycles. The third-order valence-electron chi connectivity index (χ3n) is 7.14. The van der Waals surface area contributed by atoms with Gasteiger partial charge in [-0.1, -0.05) is 12.1 Å². The maximum atomic E-state index is 13.1. The molecule has 4 nitrogen and oxygen atoms in total. The number of urea groups is 1. The average molecular weight is 340 g/mol. The van der Waals surface area contributed by atoms with Crippen LogP contribution in [0.3, 0.4) is 0 Å². The van der Waals surface area contributed by atoms with Crippen molar-refractivity contribution in [3.63, 3.8) is 0 Å². The molecule has 6 rings (SSSR count). The van der Waals surface area contributed by atoms with E-state index in [0.717, 1.165) is 44.3 Å². The second kappa shape index (κ2) is 5.47. The summed E-state index contributed by atoms with van der Waals surface area (Å²) in [5.74, 6) is 1.60. The number of nitrogens with one attached hydrogen (secondary N) is 1. The van der Waals surface area contributed by atoms with E-state index in [-0.39, 0.29) is 12.1 Å². The van der Waals surface area contributed by atoms with Gasteiger partial charge >= 0.3 is 6.03 Å². The minimum Gasteiger partial charge on any atom is -0.390 e. The molecule has 1 aliphatic heterocycles. The van der Waals surface area contributed by atoms with Crippen LogP contribution in [0, 0.1) is 24.7 Å². The first kappa shape index (κ1) is 15.7. The third-order valence-corrected chi connectivity index (χ3v) is 7.14. The van der Waals surface area contributed by atoms with Crippen LogP contribution in [0.25, 0.3) is 0 Å². The molecular weight excluding hydrogens is 312 g/mol. The van der Waals surface area contributed by atoms with Gasteiger partial charge in [0.25, 0.3) is 0 Å². The van der Waals surface area contributed by atoms with Crippen LogP contribution in [0.4, 0.5) is 10.5 Å². The van der Waals surface area contributed by atoms with Crippen LogP contribution < -0.4 is 10.2 Å². The van der Waals surface area contributed by atoms with Crippen molar-refractivity contribution in [2.45, 2.75) is 63.5 Å². The first-order chi connectivity index (χ1) is 12.0. The molecule has 4 fully saturated rings. The zero-order chi connectivity index (χ0) is 17.2. The van der Waals surface area contributed by atoms with E-state index >= 15 is 0 Å². The Hall–Kier alpha value is -1.55. The molecule has 1 heterocycles. The average Bonchev–Trinajstić information content (AvgIpc) is 2.56. The number of aryl methyl sites for hydroxylation is 2. The summed E-state index contributed by atoms with van der Waals surface area (Å²) < 4.78 is 0. The summed E-state index contributed by atoms with van der Waals surface area (Å²) in [5.41, 5.74) is 3.14. The van der Waals surface area contributed by atoms with Crippen molar-refractivity contribution in [3.05, 3.63) is 29.3 Å². The van der Waals surface area contributed by atoms with Crippen molar-refractivity contribution in [2.75, 3.05) is 11.4 Å². The van der Waals surface area contributed by atoms with Crippen LogP contribution >= 0.6 is 0 Å². The van der Waals surface area contributed by atoms with E-state index in [0.29, 0.717) is 17.8 Å². The van der Waals surface area contributed by atoms with Gasteiger partial charge in [0.05, 0.1) is 5.60 Å². The van der Waals surface area contributed by atoms with Gasteiger partial charge in [0.15, 0.2) is 0 Å². The van der Waals surface area contributed by atoms with Crippen molar-refractivity contribution in [3.8, 4) is 0 Å². The number of aliphatic hydroxyl groups is 1. The Morgan fingerprint density at radius 3 is 2.72 bits per heavy atom. The van der Waals surface area contributed by atoms with Gasteiger partial charge in [-0.25, -0.2) is 4.79 Å². The molecule has 0 aromatic heterocycles. The molecule has 0 spiro atoms. The van der Waals surface area contributed by atoms with Gasteiger partial charge in [0, 0.05) is 18.3 Å². The number of amides is 2. The molecule has 1 aromatic rings. The fraction of sp³-hybridized carbons (Fsp3) is 0.667. The lowest BCUT2D eigenvalue weighted by Gasteiger charge is -2.58. The van der Waals surface area contributed by atoms with E-state index in [1.807, 2.05) is 4.90 Å². The molecule has 1 aromatic carbocycles. The number of carbonyl (C=O) groups excluding carboxylic acids is 1. The van der Waals surface area contributed by atoms with E-state index in [9.17, 15) is 9.90 Å². The number of benzene rings is 1. The number of anilines is 1. The standard InChI is InChI=1S/C21H28N2O2/c1-13-4-5-15-3-2-6-23(18(15)7-13)20(24)22-19-16-8-14-9-17(19)12-21(25,10-14)11-16/h4-5,7,14,16-17,19,25H,2-3,6,8-12H2,1H3,(H,22,24). The molecule has 2 amide bonds. The lowest BCUT2D eigenvalue weighted by Crippen LogP contribution is -2.63. The molecule has 2 atom stereocenters. The van der Waals surface area contributed by atoms with Crippen LogP contribution in [0.5, 0.6) is 0 Å². The highest BCUT2D eigenvalue weighted by Gasteiger charge is 2.55. The van der Waals surface area contributed by atoms with Gasteiger partial charge in [-0.15, -0.1) is 0 Å². The van der Waals surface area contributed by atoms with Crippen LogP contribution in [0.1, 0.15) is 49.7 Å². The molecule has 4 bridgehead atoms. The highest BCUT2D eigenvalue weighted by atomic mass is 16.3. The lowest BCUT2D eigenvalue weighted by molar-refractivity contribution is -0.136. The second-order valence-corrected chi connectivity index (χ2v) is 9.06. The molecule has 134 valence electrons. The molecular formula is C21H28N2O2. The third kappa shape index (κ3) is 2.57. The fourth-order valence-electron chi connectivity index (χ4n) is 6.33. The minimum absolute atomic E-state index is 0.0658. The summed E-state index contributed by atoms with van der Waals surface area (Å²) in [6, 6.07) is 6.77. The topological polar surface area (TPSA) is 52.6 Å². The number of carbonyl (C=O) groups is 1. The van der Waals surface area contributed by atoms with Gasteiger partial charge in [-0.2, -0.15) is 0 Å². The lowest BCUT2D eigenvalue weighted by atomic mass is 9.52. The van der Waals surface area contributed by atoms with E-state index in [2.05, 4.69) is 30.4 Å². The van der Waals surface area contributed by atoms with Gasteiger partial charge in [0.1, 0.15) is 0 Å². The number of hydrogen-bond donors (Lipinski definition) is 2. The van der Waals surface area contributed by atoms with Crippen LogP contribution in [-0.2, 0) is 6.42 Å². The molecule has 2 unspecified atom stereocenters. The Morgan fingerprint density at radius 2 is 2.00 bits per heavy atom. The Labute approximate surface area is 149 Å². The maximum Gasteiger partial charge on any atom is 0.322 e. The minimum atomic E-state index is -0.438. The van der Waals surface area contributed by atoms with Crippen molar-refractivity contribution in [1.29, 1.82) is 0 Å². The fourth-order valence-corrected chi connectivity index (χ4v) is 6.33. The highest BCUT2D eigenvalue weighted by molar-refractivity contribution is 5.93. The largest absolute Gasteiger partial charge is 0.390 e. The van der Waals surface area contributed by atoms with Crippen molar-refractivity contribution in [2.24, 2.45) is 17.8 Å². The molecule has 4 saturated carbocycles. The molecule has 5 aliphatic rings. The highest BCUT2D eigenvalue weighted by Crippen LogP contribution is 2.55. The van der Waals surface area contributed by atoms with Crippen LogP contribution in [-0.4, -0.2) is 29.3 Å². The number of fused-ring (bicyclic) bond motifs is 1. The first-order valence-corrected chi connectivity index (χ1v) is 9.91. The Morgan fingerprint density at radius 1 is 1.24 bits per heavy atom. The summed E-state index contributed by atoms with van der Waals surface area (Å²) in [5, 5.41) is 14.1. The molecule has 4 heteroatoms. The maximum absolute atomic E-state index is 13.1. The summed E-state index contributed by atoms with van der Waals surface area (Å²) in [6.07, 6.45) is 7.19. The second-order valence-electron chi connectivity index (χ2n) is 9.06. The quantitative estimate of drug-likeness (QED) is 0.823. The summed E-state index contributed by atoms with van der Waals surface area (Å²) in [6.45, 7) is 2.89. The number of hydrogen-bond acceptors (Lipinski definition) is 2. The smallest absolute Gasteiger partial charge is 0.322 e. The van der Waals surface area contributed by atoms with Crippen molar-refractivity contribution in [1.82, 2.24) is 5.32 Å². The molecule has 25 heavy (non-hydrogen) atoms. The van der Waals surface area contributed by atoms with Gasteiger partial charge in [-0.3, -0.25) is 4.90 Å². The van der Waals surface area contributed by atoms with E-state index in [4.69, 9.17) is 0 Å². The Balaban J connectivity index is 1.36. The van der Waals surface area contributed by atoms with E-state index in [1.54, 1.807) is 0 Å². The monoisotopic (exact) mass is 340 g/mol. The summed E-state index contributed by atoms with van der Waals surface area (Å²) in [4.78, 5) is 15.0. The molecule has 4 aliphatic carbocycles. The number of nitrogens with zero attached hydrogens (tertiary/aromatic N) is 1. The SMILES string of the molecule is Cc1ccc2c(c1)N(C(=O)NC1C3CC4CC1CC(O)(C4)C3)CCC2. The normalized spacial score (nSPS) is 38.6. The van der Waals surface area contributed by atoms with Crippen LogP contribution in [0.2, 0.25) is 0 Å². The summed E-state index contributed by atoms with van der Waals surface area (Å²) in [7, 11) is 0. The Kier molecular flexibility index (Phi) is 3.43. The number of rotatable bonds is 1. The van der Waals surface area contributed by atoms with Crippen molar-refractivity contribution < 1.29 is 9.90 Å². The predicted octanol–water partition coefficient (Wildman–Crippen LogP) is 3.40. The van der Waals surface area contributed by atoms with Gasteiger partial charge < -0.3 is 10.4 Å². The zero-order valence-corrected chi connectivity index (χ0v) is 15.0. The van der Waals surface area contributed by atoms with E-state index in [1.165, 1.54) is 24.0 Å². The zero-order valence-electron chi connectivity index (χ0n) is 15.0. The van der Waals surface area contributed by atoms with Crippen LogP contribution in [0.15, 0.2) is 18.2 Å². The van der Waals surface area contributed by atoms with Gasteiger partial charge in [0.2, 0.25) is 0 Å². The summed E-state index contributed by atoms with van der Waals surface area (Å²) >= 11 is 0. The molecule has 0 radical (unpaired) electrons. The molecule has 2 N–H and O–H groups in total. The van der Waals surface area contributed by atoms with E-state index < -0.39 is 5.60 Å². The first-order valence-electron chi connectivity index (χ1n) is 9.91.